The number of hydrogen-bond donors (Lipinski definition) is 0. The predicted octanol–water partition coefficient (Wildman–Crippen LogP) is 11.8. The van der Waals surface area contributed by atoms with Crippen molar-refractivity contribution in [3.8, 4) is 28.6 Å². The minimum Gasteiger partial charge on any atom is -0.309 e. The number of nitriles is 1. The summed E-state index contributed by atoms with van der Waals surface area (Å²) in [7, 11) is 0. The lowest BCUT2D eigenvalue weighted by Gasteiger charge is -2.16. The summed E-state index contributed by atoms with van der Waals surface area (Å²) in [6, 6.07) is 56.2. The number of rotatable bonds is 3. The first-order valence-corrected chi connectivity index (χ1v) is 16.6. The van der Waals surface area contributed by atoms with Gasteiger partial charge in [-0.15, -0.1) is 11.3 Å². The number of thiophene rings is 1. The molecule has 0 aliphatic rings. The minimum absolute atomic E-state index is 0.653. The van der Waals surface area contributed by atoms with Crippen LogP contribution in [-0.4, -0.2) is 9.13 Å². The molecule has 0 aliphatic carbocycles. The first-order chi connectivity index (χ1) is 23.3. The Morgan fingerprint density at radius 3 is 1.72 bits per heavy atom. The Morgan fingerprint density at radius 1 is 0.426 bits per heavy atom. The van der Waals surface area contributed by atoms with E-state index in [1.54, 1.807) is 0 Å². The Kier molecular flexibility index (Phi) is 5.51. The molecule has 4 heteroatoms. The van der Waals surface area contributed by atoms with E-state index in [1.807, 2.05) is 23.5 Å². The molecule has 3 aromatic heterocycles. The van der Waals surface area contributed by atoms with Crippen LogP contribution in [0.4, 0.5) is 0 Å². The summed E-state index contributed by atoms with van der Waals surface area (Å²) in [5.74, 6) is 0. The van der Waals surface area contributed by atoms with Gasteiger partial charge in [0, 0.05) is 58.5 Å². The zero-order valence-corrected chi connectivity index (χ0v) is 26.0. The SMILES string of the molecule is N#Cc1cccc(-c2cccc3c2sc2c3ccc3c2c2ccccc2n3-c2ccccc2)c1-n1c2ccccc2c2ccccc21. The number of nitrogens with zero attached hydrogens (tertiary/aromatic N) is 3. The Morgan fingerprint density at radius 2 is 1.00 bits per heavy atom. The topological polar surface area (TPSA) is 33.6 Å². The molecule has 0 atom stereocenters. The first-order valence-electron chi connectivity index (χ1n) is 15.8. The van der Waals surface area contributed by atoms with Gasteiger partial charge >= 0.3 is 0 Å². The monoisotopic (exact) mass is 615 g/mol. The summed E-state index contributed by atoms with van der Waals surface area (Å²) in [4.78, 5) is 0. The second-order valence-corrected chi connectivity index (χ2v) is 13.0. The molecule has 47 heavy (non-hydrogen) atoms. The molecular weight excluding hydrogens is 591 g/mol. The van der Waals surface area contributed by atoms with E-state index < -0.39 is 0 Å². The second-order valence-electron chi connectivity index (χ2n) is 12.0. The van der Waals surface area contributed by atoms with E-state index in [1.165, 1.54) is 52.8 Å². The van der Waals surface area contributed by atoms with Gasteiger partial charge in [-0.25, -0.2) is 0 Å². The average molecular weight is 616 g/mol. The van der Waals surface area contributed by atoms with E-state index in [4.69, 9.17) is 0 Å². The van der Waals surface area contributed by atoms with Gasteiger partial charge in [0.2, 0.25) is 0 Å². The summed E-state index contributed by atoms with van der Waals surface area (Å²) < 4.78 is 7.18. The van der Waals surface area contributed by atoms with Gasteiger partial charge in [0.25, 0.3) is 0 Å². The van der Waals surface area contributed by atoms with Crippen LogP contribution in [0.5, 0.6) is 0 Å². The highest BCUT2D eigenvalue weighted by Gasteiger charge is 2.22. The van der Waals surface area contributed by atoms with Crippen molar-refractivity contribution < 1.29 is 0 Å². The third kappa shape index (κ3) is 3.60. The molecular formula is C43H25N3S. The number of hydrogen-bond acceptors (Lipinski definition) is 2. The highest BCUT2D eigenvalue weighted by molar-refractivity contribution is 7.27. The molecule has 0 aliphatic heterocycles. The molecule has 0 amide bonds. The van der Waals surface area contributed by atoms with Gasteiger partial charge < -0.3 is 9.13 Å². The van der Waals surface area contributed by atoms with E-state index in [0.29, 0.717) is 5.56 Å². The van der Waals surface area contributed by atoms with Gasteiger partial charge in [-0.1, -0.05) is 109 Å². The third-order valence-corrected chi connectivity index (χ3v) is 10.8. The van der Waals surface area contributed by atoms with Gasteiger partial charge in [-0.2, -0.15) is 5.26 Å². The minimum atomic E-state index is 0.653. The van der Waals surface area contributed by atoms with E-state index in [9.17, 15) is 5.26 Å². The summed E-state index contributed by atoms with van der Waals surface area (Å²) in [5.41, 5.74) is 9.51. The highest BCUT2D eigenvalue weighted by Crippen LogP contribution is 2.47. The summed E-state index contributed by atoms with van der Waals surface area (Å²) in [6.07, 6.45) is 0. The van der Waals surface area contributed by atoms with Crippen molar-refractivity contribution in [2.75, 3.05) is 0 Å². The number of fused-ring (bicyclic) bond motifs is 10. The zero-order valence-electron chi connectivity index (χ0n) is 25.2. The van der Waals surface area contributed by atoms with Crippen molar-refractivity contribution in [2.45, 2.75) is 0 Å². The van der Waals surface area contributed by atoms with Crippen molar-refractivity contribution >= 4 is 75.1 Å². The van der Waals surface area contributed by atoms with E-state index in [-0.39, 0.29) is 0 Å². The van der Waals surface area contributed by atoms with Crippen LogP contribution in [0, 0.1) is 11.3 Å². The Balaban J connectivity index is 1.32. The molecule has 0 saturated heterocycles. The molecule has 0 saturated carbocycles. The van der Waals surface area contributed by atoms with Gasteiger partial charge in [0.05, 0.1) is 33.3 Å². The molecule has 0 spiro atoms. The molecule has 0 fully saturated rings. The molecule has 10 rings (SSSR count). The Bertz CT molecular complexity index is 2860. The predicted molar refractivity (Wildman–Crippen MR) is 198 cm³/mol. The molecule has 0 N–H and O–H groups in total. The maximum Gasteiger partial charge on any atom is 0.101 e. The molecule has 7 aromatic carbocycles. The lowest BCUT2D eigenvalue weighted by molar-refractivity contribution is 1.17. The summed E-state index contributed by atoms with van der Waals surface area (Å²) in [6.45, 7) is 0. The largest absolute Gasteiger partial charge is 0.309 e. The van der Waals surface area contributed by atoms with Crippen LogP contribution in [0.25, 0.3) is 86.3 Å². The highest BCUT2D eigenvalue weighted by atomic mass is 32.1. The maximum atomic E-state index is 10.5. The molecule has 0 radical (unpaired) electrons. The van der Waals surface area contributed by atoms with Crippen molar-refractivity contribution in [3.63, 3.8) is 0 Å². The Hall–Kier alpha value is -6.15. The van der Waals surface area contributed by atoms with Crippen LogP contribution >= 0.6 is 11.3 Å². The third-order valence-electron chi connectivity index (χ3n) is 9.56. The number of benzene rings is 7. The maximum absolute atomic E-state index is 10.5. The molecule has 3 heterocycles. The van der Waals surface area contributed by atoms with Gasteiger partial charge in [-0.3, -0.25) is 0 Å². The van der Waals surface area contributed by atoms with Crippen LogP contribution in [0.15, 0.2) is 152 Å². The summed E-state index contributed by atoms with van der Waals surface area (Å²) in [5, 5.41) is 17.9. The average Bonchev–Trinajstić information content (AvgIpc) is 3.79. The zero-order chi connectivity index (χ0) is 31.1. The van der Waals surface area contributed by atoms with Gasteiger partial charge in [0.1, 0.15) is 6.07 Å². The van der Waals surface area contributed by atoms with Crippen LogP contribution < -0.4 is 0 Å². The molecule has 3 nitrogen and oxygen atoms in total. The fraction of sp³-hybridized carbons (Fsp3) is 0. The van der Waals surface area contributed by atoms with E-state index in [0.717, 1.165) is 33.5 Å². The van der Waals surface area contributed by atoms with Crippen LogP contribution in [-0.2, 0) is 0 Å². The van der Waals surface area contributed by atoms with E-state index >= 15 is 0 Å². The fourth-order valence-electron chi connectivity index (χ4n) is 7.63. The van der Waals surface area contributed by atoms with Crippen molar-refractivity contribution in [1.29, 1.82) is 5.26 Å². The van der Waals surface area contributed by atoms with Crippen LogP contribution in [0.3, 0.4) is 0 Å². The molecule has 0 unspecified atom stereocenters. The standard InChI is InChI=1S/C43H25N3S/c44-26-27-12-10-18-31(41(27)46-36-21-7-4-15-29(36)30-16-5-8-22-37(30)46)32-19-11-20-33-34-24-25-39-40(43(34)47-42(32)33)35-17-6-9-23-38(35)45(39)28-13-2-1-3-14-28/h1-25H. The van der Waals surface area contributed by atoms with E-state index in [2.05, 4.69) is 155 Å². The molecule has 0 bridgehead atoms. The lowest BCUT2D eigenvalue weighted by Crippen LogP contribution is -2.00. The van der Waals surface area contributed by atoms with Crippen molar-refractivity contribution in [2.24, 2.45) is 0 Å². The van der Waals surface area contributed by atoms with Crippen molar-refractivity contribution in [1.82, 2.24) is 9.13 Å². The summed E-state index contributed by atoms with van der Waals surface area (Å²) >= 11 is 1.86. The van der Waals surface area contributed by atoms with Crippen LogP contribution in [0.2, 0.25) is 0 Å². The fourth-order valence-corrected chi connectivity index (χ4v) is 9.02. The van der Waals surface area contributed by atoms with Crippen LogP contribution in [0.1, 0.15) is 5.56 Å². The molecule has 10 aromatic rings. The second kappa shape index (κ2) is 9.92. The number of aromatic nitrogens is 2. The van der Waals surface area contributed by atoms with Gasteiger partial charge in [0.15, 0.2) is 0 Å². The smallest absolute Gasteiger partial charge is 0.101 e. The quantitative estimate of drug-likeness (QED) is 0.195. The van der Waals surface area contributed by atoms with Gasteiger partial charge in [-0.05, 0) is 42.5 Å². The van der Waals surface area contributed by atoms with Crippen molar-refractivity contribution in [3.05, 3.63) is 157 Å². The Labute approximate surface area is 274 Å². The first kappa shape index (κ1) is 26.1. The lowest BCUT2D eigenvalue weighted by atomic mass is 9.98. The molecule has 218 valence electrons. The normalized spacial score (nSPS) is 11.8. The number of para-hydroxylation sites is 5.